The average molecular weight is 240 g/mol. The molecule has 0 unspecified atom stereocenters. The number of halogens is 8. The van der Waals surface area contributed by atoms with Gasteiger partial charge in [-0.15, -0.1) is 0 Å². The Balaban J connectivity index is 3.44. The first-order valence-corrected chi connectivity index (χ1v) is 3.22. The largest absolute Gasteiger partial charge is 0.422 e. The lowest BCUT2D eigenvalue weighted by Crippen LogP contribution is -2.42. The lowest BCUT2D eigenvalue weighted by atomic mass is 10.1. The topological polar surface area (TPSA) is 17.1 Å². The van der Waals surface area contributed by atoms with Gasteiger partial charge < -0.3 is 0 Å². The van der Waals surface area contributed by atoms with E-state index in [0.29, 0.717) is 0 Å². The second kappa shape index (κ2) is 2.70. The van der Waals surface area contributed by atoms with Crippen LogP contribution in [0.3, 0.4) is 0 Å². The summed E-state index contributed by atoms with van der Waals surface area (Å²) in [5.41, 5.74) is -3.13. The van der Waals surface area contributed by atoms with Crippen molar-refractivity contribution in [3.05, 3.63) is 11.4 Å². The Bertz CT molecular complexity index is 349. The molecule has 0 N–H and O–H groups in total. The zero-order chi connectivity index (χ0) is 12.2. The maximum absolute atomic E-state index is 12.3. The highest BCUT2D eigenvalue weighted by Crippen LogP contribution is 2.52. The number of carbonyl (C=O) groups excluding carboxylic acids is 1. The van der Waals surface area contributed by atoms with Crippen molar-refractivity contribution in [3.63, 3.8) is 0 Å². The summed E-state index contributed by atoms with van der Waals surface area (Å²) in [4.78, 5) is 10.3. The van der Waals surface area contributed by atoms with E-state index in [2.05, 4.69) is 0 Å². The number of hydrogen-bond donors (Lipinski definition) is 0. The Kier molecular flexibility index (Phi) is 2.15. The van der Waals surface area contributed by atoms with E-state index < -0.39 is 35.2 Å². The molecule has 1 aliphatic rings. The highest BCUT2D eigenvalue weighted by Gasteiger charge is 2.75. The van der Waals surface area contributed by atoms with Gasteiger partial charge in [-0.1, -0.05) is 0 Å². The number of hydrogen-bond acceptors (Lipinski definition) is 1. The third-order valence-corrected chi connectivity index (χ3v) is 1.69. The van der Waals surface area contributed by atoms with Crippen LogP contribution in [0.4, 0.5) is 35.1 Å². The van der Waals surface area contributed by atoms with Gasteiger partial charge in [0.05, 0.1) is 0 Å². The van der Waals surface area contributed by atoms with Gasteiger partial charge in [-0.05, 0) is 0 Å². The van der Waals surface area contributed by atoms with Gasteiger partial charge >= 0.3 is 18.0 Å². The molecule has 0 radical (unpaired) electrons. The molecule has 0 spiro atoms. The molecule has 1 rings (SSSR count). The third-order valence-electron chi connectivity index (χ3n) is 1.69. The molecule has 0 aromatic heterocycles. The summed E-state index contributed by atoms with van der Waals surface area (Å²) in [6.45, 7) is 0. The number of rotatable bonds is 0. The first-order chi connectivity index (χ1) is 6.44. The van der Waals surface area contributed by atoms with Crippen LogP contribution >= 0.6 is 0 Å². The second-order valence-corrected chi connectivity index (χ2v) is 2.66. The van der Waals surface area contributed by atoms with Gasteiger partial charge in [-0.3, -0.25) is 4.79 Å². The minimum Gasteiger partial charge on any atom is -0.287 e. The minimum atomic E-state index is -5.87. The van der Waals surface area contributed by atoms with Crippen LogP contribution in [-0.4, -0.2) is 23.8 Å². The normalized spacial score (nSPS) is 24.9. The van der Waals surface area contributed by atoms with Crippen LogP contribution in [0.5, 0.6) is 0 Å². The Hall–Kier alpha value is -1.15. The summed E-state index contributed by atoms with van der Waals surface area (Å²) in [6.07, 6.45) is -5.87. The molecule has 0 aliphatic heterocycles. The zero-order valence-electron chi connectivity index (χ0n) is 6.43. The summed E-state index contributed by atoms with van der Waals surface area (Å²) in [7, 11) is 0. The highest BCUT2D eigenvalue weighted by molar-refractivity contribution is 6.06. The molecule has 1 nitrogen and oxygen atoms in total. The van der Waals surface area contributed by atoms with Crippen LogP contribution in [0.25, 0.3) is 0 Å². The van der Waals surface area contributed by atoms with E-state index in [1.807, 2.05) is 0 Å². The molecule has 15 heavy (non-hydrogen) atoms. The molecule has 0 aromatic rings. The molecule has 0 bridgehead atoms. The second-order valence-electron chi connectivity index (χ2n) is 2.66. The molecule has 86 valence electrons. The Morgan fingerprint density at radius 1 is 0.933 bits per heavy atom. The number of allylic oxidation sites excluding steroid dienone is 2. The van der Waals surface area contributed by atoms with E-state index in [1.165, 1.54) is 0 Å². The van der Waals surface area contributed by atoms with Crippen molar-refractivity contribution in [3.8, 4) is 0 Å². The first-order valence-electron chi connectivity index (χ1n) is 3.22. The fourth-order valence-corrected chi connectivity index (χ4v) is 0.947. The monoisotopic (exact) mass is 240 g/mol. The average Bonchev–Trinajstić information content (AvgIpc) is 2.10. The van der Waals surface area contributed by atoms with Crippen LogP contribution in [-0.2, 0) is 4.79 Å². The SMILES string of the molecule is O=C1C(C(F)(F)F)=C(F)C(F)(F)C1(F)F. The molecule has 0 fully saturated rings. The quantitative estimate of drug-likeness (QED) is 0.595. The van der Waals surface area contributed by atoms with Crippen LogP contribution < -0.4 is 0 Å². The van der Waals surface area contributed by atoms with Crippen molar-refractivity contribution < 1.29 is 39.9 Å². The maximum atomic E-state index is 12.3. The van der Waals surface area contributed by atoms with Crippen molar-refractivity contribution in [2.75, 3.05) is 0 Å². The molecule has 1 aliphatic carbocycles. The van der Waals surface area contributed by atoms with E-state index in [1.54, 1.807) is 0 Å². The Labute approximate surface area is 76.4 Å². The van der Waals surface area contributed by atoms with E-state index in [4.69, 9.17) is 0 Å². The van der Waals surface area contributed by atoms with Crippen molar-refractivity contribution in [1.82, 2.24) is 0 Å². The number of alkyl halides is 7. The fraction of sp³-hybridized carbons (Fsp3) is 0.500. The highest BCUT2D eigenvalue weighted by atomic mass is 19.4. The molecule has 0 saturated heterocycles. The van der Waals surface area contributed by atoms with Crippen LogP contribution in [0.2, 0.25) is 0 Å². The standard InChI is InChI=1S/C6F8O/c7-2-1(6(12,13)14)3(15)5(10,11)4(2,8)9. The molecule has 0 atom stereocenters. The van der Waals surface area contributed by atoms with Crippen LogP contribution in [0.15, 0.2) is 11.4 Å². The van der Waals surface area contributed by atoms with Gasteiger partial charge in [0, 0.05) is 0 Å². The maximum Gasteiger partial charge on any atom is 0.422 e. The van der Waals surface area contributed by atoms with Crippen molar-refractivity contribution in [1.29, 1.82) is 0 Å². The molecular weight excluding hydrogens is 240 g/mol. The van der Waals surface area contributed by atoms with E-state index in [0.717, 1.165) is 0 Å². The predicted molar refractivity (Wildman–Crippen MR) is 29.1 cm³/mol. The van der Waals surface area contributed by atoms with E-state index in [-0.39, 0.29) is 0 Å². The molecule has 0 amide bonds. The smallest absolute Gasteiger partial charge is 0.287 e. The van der Waals surface area contributed by atoms with Gasteiger partial charge in [0.15, 0.2) is 5.83 Å². The van der Waals surface area contributed by atoms with Gasteiger partial charge in [0.1, 0.15) is 5.57 Å². The number of ketones is 1. The van der Waals surface area contributed by atoms with E-state index in [9.17, 15) is 39.9 Å². The Morgan fingerprint density at radius 3 is 1.47 bits per heavy atom. The summed E-state index contributed by atoms with van der Waals surface area (Å²) in [6, 6.07) is 0. The number of Topliss-reactive ketones (excluding diaryl/α,β-unsaturated/α-hetero) is 1. The summed E-state index contributed by atoms with van der Waals surface area (Å²) < 4.78 is 96.6. The molecule has 0 saturated carbocycles. The Morgan fingerprint density at radius 2 is 1.33 bits per heavy atom. The molecule has 9 heteroatoms. The summed E-state index contributed by atoms with van der Waals surface area (Å²) >= 11 is 0. The van der Waals surface area contributed by atoms with E-state index >= 15 is 0 Å². The summed E-state index contributed by atoms with van der Waals surface area (Å²) in [5.74, 6) is -18.1. The molecular formula is C6F8O. The fourth-order valence-electron chi connectivity index (χ4n) is 0.947. The van der Waals surface area contributed by atoms with Crippen molar-refractivity contribution >= 4 is 5.78 Å². The van der Waals surface area contributed by atoms with Crippen molar-refractivity contribution in [2.45, 2.75) is 18.0 Å². The zero-order valence-corrected chi connectivity index (χ0v) is 6.43. The van der Waals surface area contributed by atoms with Crippen molar-refractivity contribution in [2.24, 2.45) is 0 Å². The first kappa shape index (κ1) is 11.9. The van der Waals surface area contributed by atoms with Crippen LogP contribution in [0.1, 0.15) is 0 Å². The lowest BCUT2D eigenvalue weighted by Gasteiger charge is -2.15. The molecule has 0 aromatic carbocycles. The minimum absolute atomic E-state index is 3.13. The molecule has 0 heterocycles. The predicted octanol–water partition coefficient (Wildman–Crippen LogP) is 2.63. The van der Waals surface area contributed by atoms with Gasteiger partial charge in [-0.25, -0.2) is 4.39 Å². The van der Waals surface area contributed by atoms with Gasteiger partial charge in [0.2, 0.25) is 5.78 Å². The lowest BCUT2D eigenvalue weighted by molar-refractivity contribution is -0.188. The van der Waals surface area contributed by atoms with Gasteiger partial charge in [0.25, 0.3) is 0 Å². The van der Waals surface area contributed by atoms with Gasteiger partial charge in [-0.2, -0.15) is 30.7 Å². The summed E-state index contributed by atoms with van der Waals surface area (Å²) in [5, 5.41) is 0. The van der Waals surface area contributed by atoms with Crippen LogP contribution in [0, 0.1) is 0 Å². The number of carbonyl (C=O) groups is 1. The third kappa shape index (κ3) is 1.32.